The number of non-ortho nitro benzene ring substituents is 1. The summed E-state index contributed by atoms with van der Waals surface area (Å²) in [5, 5.41) is 16.3. The number of esters is 2. The molecule has 2 rings (SSSR count). The lowest BCUT2D eigenvalue weighted by Gasteiger charge is -2.07. The van der Waals surface area contributed by atoms with E-state index < -0.39 is 34.4 Å². The van der Waals surface area contributed by atoms with Crippen molar-refractivity contribution in [1.29, 1.82) is 0 Å². The summed E-state index contributed by atoms with van der Waals surface area (Å²) in [6, 6.07) is 3.17. The number of anilines is 1. The van der Waals surface area contributed by atoms with E-state index in [1.807, 2.05) is 6.92 Å². The molecule has 176 valence electrons. The molecule has 1 aromatic heterocycles. The summed E-state index contributed by atoms with van der Waals surface area (Å²) in [5.41, 5.74) is -0.303. The third kappa shape index (κ3) is 7.07. The van der Waals surface area contributed by atoms with Gasteiger partial charge in [-0.3, -0.25) is 19.7 Å². The number of ether oxygens (including phenoxy) is 2. The minimum Gasteiger partial charge on any atom is -0.465 e. The molecule has 1 heterocycles. The minimum atomic E-state index is -0.830. The van der Waals surface area contributed by atoms with Crippen molar-refractivity contribution in [2.45, 2.75) is 26.7 Å². The van der Waals surface area contributed by atoms with Crippen molar-refractivity contribution >= 4 is 45.9 Å². The molecule has 0 atom stereocenters. The van der Waals surface area contributed by atoms with Crippen LogP contribution in [0, 0.1) is 17.0 Å². The monoisotopic (exact) mass is 478 g/mol. The number of amides is 2. The molecule has 0 spiro atoms. The summed E-state index contributed by atoms with van der Waals surface area (Å²) < 4.78 is 9.60. The Labute approximate surface area is 192 Å². The highest BCUT2D eigenvalue weighted by Crippen LogP contribution is 2.23. The molecule has 0 aliphatic carbocycles. The third-order valence-corrected chi connectivity index (χ3v) is 5.17. The molecule has 0 saturated carbocycles. The normalized spacial score (nSPS) is 10.3. The van der Waals surface area contributed by atoms with E-state index in [2.05, 4.69) is 20.4 Å². The Kier molecular flexibility index (Phi) is 8.98. The zero-order chi connectivity index (χ0) is 24.5. The lowest BCUT2D eigenvalue weighted by molar-refractivity contribution is -0.384. The first kappa shape index (κ1) is 25.4. The number of thiazole rings is 1. The number of nitrogens with one attached hydrogen (secondary N) is 2. The van der Waals surface area contributed by atoms with Gasteiger partial charge in [0.05, 0.1) is 29.9 Å². The van der Waals surface area contributed by atoms with Gasteiger partial charge in [-0.05, 0) is 19.4 Å². The molecule has 0 aliphatic rings. The van der Waals surface area contributed by atoms with Gasteiger partial charge in [-0.25, -0.2) is 14.6 Å². The van der Waals surface area contributed by atoms with Crippen molar-refractivity contribution in [2.24, 2.45) is 0 Å². The standard InChI is InChI=1S/C20H22N4O8S/c1-4-7-32-19(28)16-11(2)22-20(33-16)23-15(25)5-6-21-17(26)12-8-13(18(27)31-3)10-14(9-12)24(29)30/h8-10H,4-7H2,1-3H3,(H,21,26)(H,22,23,25). The number of nitro groups is 1. The van der Waals surface area contributed by atoms with E-state index in [9.17, 15) is 29.3 Å². The maximum absolute atomic E-state index is 12.4. The number of hydrogen-bond acceptors (Lipinski definition) is 10. The van der Waals surface area contributed by atoms with Crippen LogP contribution in [0.3, 0.4) is 0 Å². The van der Waals surface area contributed by atoms with Gasteiger partial charge in [-0.1, -0.05) is 18.3 Å². The number of rotatable bonds is 10. The molecule has 33 heavy (non-hydrogen) atoms. The molecule has 0 bridgehead atoms. The van der Waals surface area contributed by atoms with Crippen LogP contribution in [0.1, 0.15) is 55.8 Å². The smallest absolute Gasteiger partial charge is 0.350 e. The van der Waals surface area contributed by atoms with E-state index >= 15 is 0 Å². The number of aromatic nitrogens is 1. The Morgan fingerprint density at radius 3 is 2.48 bits per heavy atom. The third-order valence-electron chi connectivity index (χ3n) is 4.12. The van der Waals surface area contributed by atoms with E-state index in [1.165, 1.54) is 0 Å². The summed E-state index contributed by atoms with van der Waals surface area (Å²) >= 11 is 0.981. The molecule has 0 unspecified atom stereocenters. The van der Waals surface area contributed by atoms with Gasteiger partial charge in [0, 0.05) is 30.7 Å². The van der Waals surface area contributed by atoms with Crippen molar-refractivity contribution in [3.8, 4) is 0 Å². The highest BCUT2D eigenvalue weighted by molar-refractivity contribution is 7.17. The second kappa shape index (κ2) is 11.7. The van der Waals surface area contributed by atoms with E-state index in [0.29, 0.717) is 17.0 Å². The molecule has 0 aliphatic heterocycles. The number of nitro benzene ring substituents is 1. The van der Waals surface area contributed by atoms with Crippen LogP contribution in [0.4, 0.5) is 10.8 Å². The van der Waals surface area contributed by atoms with Crippen molar-refractivity contribution in [2.75, 3.05) is 25.6 Å². The molecule has 1 aromatic carbocycles. The minimum absolute atomic E-state index is 0.0866. The lowest BCUT2D eigenvalue weighted by Crippen LogP contribution is -2.28. The van der Waals surface area contributed by atoms with E-state index in [1.54, 1.807) is 6.92 Å². The largest absolute Gasteiger partial charge is 0.465 e. The molecule has 12 nitrogen and oxygen atoms in total. The average Bonchev–Trinajstić information content (AvgIpc) is 3.16. The number of aryl methyl sites for hydroxylation is 1. The van der Waals surface area contributed by atoms with Crippen molar-refractivity contribution in [3.63, 3.8) is 0 Å². The fraction of sp³-hybridized carbons (Fsp3) is 0.350. The first-order chi connectivity index (χ1) is 15.7. The van der Waals surface area contributed by atoms with Crippen LogP contribution in [0.15, 0.2) is 18.2 Å². The van der Waals surface area contributed by atoms with Gasteiger partial charge in [-0.15, -0.1) is 0 Å². The van der Waals surface area contributed by atoms with Crippen molar-refractivity contribution in [1.82, 2.24) is 10.3 Å². The highest BCUT2D eigenvalue weighted by atomic mass is 32.1. The Morgan fingerprint density at radius 2 is 1.85 bits per heavy atom. The quantitative estimate of drug-likeness (QED) is 0.296. The van der Waals surface area contributed by atoms with E-state index in [4.69, 9.17) is 4.74 Å². The lowest BCUT2D eigenvalue weighted by atomic mass is 10.1. The van der Waals surface area contributed by atoms with Gasteiger partial charge < -0.3 is 20.1 Å². The second-order valence-corrected chi connectivity index (χ2v) is 7.64. The Balaban J connectivity index is 1.95. The number of carbonyl (C=O) groups excluding carboxylic acids is 4. The number of hydrogen-bond donors (Lipinski definition) is 2. The predicted molar refractivity (Wildman–Crippen MR) is 117 cm³/mol. The fourth-order valence-corrected chi connectivity index (χ4v) is 3.43. The van der Waals surface area contributed by atoms with Crippen molar-refractivity contribution < 1.29 is 33.6 Å². The zero-order valence-corrected chi connectivity index (χ0v) is 18.9. The zero-order valence-electron chi connectivity index (χ0n) is 18.1. The number of methoxy groups -OCH3 is 1. The van der Waals surface area contributed by atoms with Gasteiger partial charge in [0.15, 0.2) is 5.13 Å². The van der Waals surface area contributed by atoms with Gasteiger partial charge in [0.25, 0.3) is 11.6 Å². The van der Waals surface area contributed by atoms with Crippen LogP contribution >= 0.6 is 11.3 Å². The van der Waals surface area contributed by atoms with Gasteiger partial charge in [0.1, 0.15) is 4.88 Å². The Hall–Kier alpha value is -3.87. The van der Waals surface area contributed by atoms with Gasteiger partial charge in [-0.2, -0.15) is 0 Å². The molecular weight excluding hydrogens is 456 g/mol. The second-order valence-electron chi connectivity index (χ2n) is 6.64. The Morgan fingerprint density at radius 1 is 1.15 bits per heavy atom. The molecule has 13 heteroatoms. The molecule has 0 fully saturated rings. The first-order valence-corrected chi connectivity index (χ1v) is 10.6. The van der Waals surface area contributed by atoms with Crippen LogP contribution in [0.5, 0.6) is 0 Å². The van der Waals surface area contributed by atoms with Crippen LogP contribution in [0.2, 0.25) is 0 Å². The average molecular weight is 478 g/mol. The molecule has 0 saturated heterocycles. The van der Waals surface area contributed by atoms with Crippen LogP contribution in [-0.2, 0) is 14.3 Å². The molecular formula is C20H22N4O8S. The maximum atomic E-state index is 12.4. The van der Waals surface area contributed by atoms with Gasteiger partial charge in [0.2, 0.25) is 5.91 Å². The summed E-state index contributed by atoms with van der Waals surface area (Å²) in [7, 11) is 1.11. The van der Waals surface area contributed by atoms with Crippen LogP contribution in [-0.4, -0.2) is 53.9 Å². The number of benzene rings is 1. The van der Waals surface area contributed by atoms with Crippen molar-refractivity contribution in [3.05, 3.63) is 50.0 Å². The first-order valence-electron chi connectivity index (χ1n) is 9.76. The molecule has 0 radical (unpaired) electrons. The summed E-state index contributed by atoms with van der Waals surface area (Å²) in [6.07, 6.45) is 0.554. The molecule has 2 aromatic rings. The van der Waals surface area contributed by atoms with Crippen LogP contribution in [0.25, 0.3) is 0 Å². The predicted octanol–water partition coefficient (Wildman–Crippen LogP) is 2.47. The number of nitrogens with zero attached hydrogens (tertiary/aromatic N) is 2. The topological polar surface area (TPSA) is 167 Å². The summed E-state index contributed by atoms with van der Waals surface area (Å²) in [5.74, 6) is -2.51. The van der Waals surface area contributed by atoms with Gasteiger partial charge >= 0.3 is 11.9 Å². The van der Waals surface area contributed by atoms with E-state index in [-0.39, 0.29) is 35.8 Å². The van der Waals surface area contributed by atoms with Crippen LogP contribution < -0.4 is 10.6 Å². The fourth-order valence-electron chi connectivity index (χ4n) is 2.56. The highest BCUT2D eigenvalue weighted by Gasteiger charge is 2.20. The number of carbonyl (C=O) groups is 4. The summed E-state index contributed by atoms with van der Waals surface area (Å²) in [4.78, 5) is 62.9. The molecule has 2 N–H and O–H groups in total. The van der Waals surface area contributed by atoms with E-state index in [0.717, 1.165) is 36.6 Å². The summed E-state index contributed by atoms with van der Waals surface area (Å²) in [6.45, 7) is 3.69. The maximum Gasteiger partial charge on any atom is 0.350 e. The Bertz CT molecular complexity index is 1080. The molecule has 2 amide bonds. The SMILES string of the molecule is CCCOC(=O)c1sc(NC(=O)CCNC(=O)c2cc(C(=O)OC)cc([N+](=O)[O-])c2)nc1C.